The van der Waals surface area contributed by atoms with Crippen LogP contribution in [0.5, 0.6) is 5.75 Å². The van der Waals surface area contributed by atoms with Gasteiger partial charge in [-0.2, -0.15) is 0 Å². The number of rotatable bonds is 3. The predicted molar refractivity (Wildman–Crippen MR) is 77.2 cm³/mol. The maximum Gasteiger partial charge on any atom is 0.255 e. The molecule has 19 heavy (non-hydrogen) atoms. The minimum absolute atomic E-state index is 0.0504. The lowest BCUT2D eigenvalue weighted by atomic mass is 10.1. The van der Waals surface area contributed by atoms with Crippen LogP contribution in [0, 0.1) is 0 Å². The standard InChI is InChI=1S/C16H15NO2/c1-11(2)12-7-9-13(10-8-12)16(19)17-14-5-3-4-6-15(14)18/h3-10,18H,1H2,2H3,(H,17,19). The van der Waals surface area contributed by atoms with Crippen molar-refractivity contribution in [2.45, 2.75) is 6.92 Å². The van der Waals surface area contributed by atoms with Gasteiger partial charge in [-0.3, -0.25) is 4.79 Å². The van der Waals surface area contributed by atoms with E-state index in [4.69, 9.17) is 0 Å². The number of hydrogen-bond acceptors (Lipinski definition) is 2. The van der Waals surface area contributed by atoms with E-state index in [2.05, 4.69) is 11.9 Å². The predicted octanol–water partition coefficient (Wildman–Crippen LogP) is 3.68. The molecule has 3 nitrogen and oxygen atoms in total. The summed E-state index contributed by atoms with van der Waals surface area (Å²) < 4.78 is 0. The van der Waals surface area contributed by atoms with Gasteiger partial charge in [-0.1, -0.05) is 36.4 Å². The minimum atomic E-state index is -0.255. The van der Waals surface area contributed by atoms with E-state index in [9.17, 15) is 9.90 Å². The van der Waals surface area contributed by atoms with Crippen LogP contribution in [0.25, 0.3) is 5.57 Å². The number of hydrogen-bond donors (Lipinski definition) is 2. The van der Waals surface area contributed by atoms with Gasteiger partial charge in [0, 0.05) is 5.56 Å². The first-order valence-electron chi connectivity index (χ1n) is 5.93. The second-order valence-corrected chi connectivity index (χ2v) is 4.33. The molecule has 0 bridgehead atoms. The monoisotopic (exact) mass is 253 g/mol. The fourth-order valence-corrected chi connectivity index (χ4v) is 1.68. The molecule has 0 unspecified atom stereocenters. The van der Waals surface area contributed by atoms with Crippen molar-refractivity contribution in [3.63, 3.8) is 0 Å². The van der Waals surface area contributed by atoms with Gasteiger partial charge in [0.25, 0.3) is 5.91 Å². The van der Waals surface area contributed by atoms with Gasteiger partial charge in [0.1, 0.15) is 5.75 Å². The maximum atomic E-state index is 12.0. The van der Waals surface area contributed by atoms with E-state index in [1.807, 2.05) is 19.1 Å². The molecule has 0 radical (unpaired) electrons. The molecule has 0 spiro atoms. The van der Waals surface area contributed by atoms with Crippen LogP contribution in [0.1, 0.15) is 22.8 Å². The molecule has 0 fully saturated rings. The Morgan fingerprint density at radius 1 is 1.05 bits per heavy atom. The average molecular weight is 253 g/mol. The largest absolute Gasteiger partial charge is 0.506 e. The van der Waals surface area contributed by atoms with E-state index in [0.717, 1.165) is 11.1 Å². The summed E-state index contributed by atoms with van der Waals surface area (Å²) in [5.41, 5.74) is 2.89. The fraction of sp³-hybridized carbons (Fsp3) is 0.0625. The van der Waals surface area contributed by atoms with Crippen LogP contribution in [0.2, 0.25) is 0 Å². The number of aromatic hydroxyl groups is 1. The van der Waals surface area contributed by atoms with Crippen LogP contribution < -0.4 is 5.32 Å². The SMILES string of the molecule is C=C(C)c1ccc(C(=O)Nc2ccccc2O)cc1. The van der Waals surface area contributed by atoms with Gasteiger partial charge in [0.15, 0.2) is 0 Å². The maximum absolute atomic E-state index is 12.0. The molecule has 2 N–H and O–H groups in total. The van der Waals surface area contributed by atoms with Crippen LogP contribution in [-0.4, -0.2) is 11.0 Å². The zero-order valence-corrected chi connectivity index (χ0v) is 10.7. The van der Waals surface area contributed by atoms with Gasteiger partial charge >= 0.3 is 0 Å². The summed E-state index contributed by atoms with van der Waals surface area (Å²) in [5.74, 6) is -0.204. The average Bonchev–Trinajstić information content (AvgIpc) is 2.41. The number of nitrogens with one attached hydrogen (secondary N) is 1. The number of anilines is 1. The number of allylic oxidation sites excluding steroid dienone is 1. The van der Waals surface area contributed by atoms with Crippen molar-refractivity contribution in [3.05, 3.63) is 66.2 Å². The molecule has 2 aromatic carbocycles. The van der Waals surface area contributed by atoms with Gasteiger partial charge in [-0.05, 0) is 36.8 Å². The topological polar surface area (TPSA) is 49.3 Å². The molecule has 0 saturated heterocycles. The van der Waals surface area contributed by atoms with Crippen molar-refractivity contribution in [2.24, 2.45) is 0 Å². The molecule has 0 aliphatic heterocycles. The molecule has 0 heterocycles. The second kappa shape index (κ2) is 5.40. The van der Waals surface area contributed by atoms with E-state index in [1.54, 1.807) is 30.3 Å². The number of phenolic OH excluding ortho intramolecular Hbond substituents is 1. The number of phenols is 1. The lowest BCUT2D eigenvalue weighted by Crippen LogP contribution is -2.11. The van der Waals surface area contributed by atoms with Crippen LogP contribution in [0.15, 0.2) is 55.1 Å². The van der Waals surface area contributed by atoms with Crippen molar-refractivity contribution in [1.82, 2.24) is 0 Å². The molecule has 0 aliphatic carbocycles. The molecule has 0 atom stereocenters. The summed E-state index contributed by atoms with van der Waals surface area (Å²) in [5, 5.41) is 12.3. The van der Waals surface area contributed by atoms with E-state index in [-0.39, 0.29) is 11.7 Å². The first-order chi connectivity index (χ1) is 9.08. The molecular weight excluding hydrogens is 238 g/mol. The van der Waals surface area contributed by atoms with Crippen molar-refractivity contribution in [2.75, 3.05) is 5.32 Å². The van der Waals surface area contributed by atoms with Crippen molar-refractivity contribution < 1.29 is 9.90 Å². The normalized spacial score (nSPS) is 9.95. The summed E-state index contributed by atoms with van der Waals surface area (Å²) in [6.45, 7) is 5.76. The number of benzene rings is 2. The Morgan fingerprint density at radius 2 is 1.63 bits per heavy atom. The van der Waals surface area contributed by atoms with E-state index in [1.165, 1.54) is 6.07 Å². The van der Waals surface area contributed by atoms with Gasteiger partial charge in [-0.25, -0.2) is 0 Å². The van der Waals surface area contributed by atoms with Crippen LogP contribution >= 0.6 is 0 Å². The van der Waals surface area contributed by atoms with Crippen LogP contribution in [-0.2, 0) is 0 Å². The number of carbonyl (C=O) groups is 1. The lowest BCUT2D eigenvalue weighted by molar-refractivity contribution is 0.102. The van der Waals surface area contributed by atoms with E-state index >= 15 is 0 Å². The Kier molecular flexibility index (Phi) is 3.66. The third-order valence-electron chi connectivity index (χ3n) is 2.79. The molecule has 0 aromatic heterocycles. The Bertz CT molecular complexity index is 615. The highest BCUT2D eigenvalue weighted by molar-refractivity contribution is 6.05. The van der Waals surface area contributed by atoms with Gasteiger partial charge < -0.3 is 10.4 Å². The molecule has 3 heteroatoms. The van der Waals surface area contributed by atoms with Crippen LogP contribution in [0.4, 0.5) is 5.69 Å². The summed E-state index contributed by atoms with van der Waals surface area (Å²) in [6, 6.07) is 13.8. The molecular formula is C16H15NO2. The zero-order chi connectivity index (χ0) is 13.8. The third-order valence-corrected chi connectivity index (χ3v) is 2.79. The lowest BCUT2D eigenvalue weighted by Gasteiger charge is -2.07. The number of carbonyl (C=O) groups excluding carboxylic acids is 1. The van der Waals surface area contributed by atoms with E-state index < -0.39 is 0 Å². The fourth-order valence-electron chi connectivity index (χ4n) is 1.68. The molecule has 0 saturated carbocycles. The van der Waals surface area contributed by atoms with E-state index in [0.29, 0.717) is 11.3 Å². The summed E-state index contributed by atoms with van der Waals surface area (Å²) in [6.07, 6.45) is 0. The number of amides is 1. The quantitative estimate of drug-likeness (QED) is 0.820. The third kappa shape index (κ3) is 3.01. The zero-order valence-electron chi connectivity index (χ0n) is 10.7. The molecule has 96 valence electrons. The Balaban J connectivity index is 2.16. The number of para-hydroxylation sites is 2. The molecule has 2 rings (SSSR count). The van der Waals surface area contributed by atoms with Crippen molar-refractivity contribution >= 4 is 17.2 Å². The highest BCUT2D eigenvalue weighted by Crippen LogP contribution is 2.22. The second-order valence-electron chi connectivity index (χ2n) is 4.33. The minimum Gasteiger partial charge on any atom is -0.506 e. The Hall–Kier alpha value is -2.55. The first-order valence-corrected chi connectivity index (χ1v) is 5.93. The Morgan fingerprint density at radius 3 is 2.21 bits per heavy atom. The summed E-state index contributed by atoms with van der Waals surface area (Å²) in [7, 11) is 0. The smallest absolute Gasteiger partial charge is 0.255 e. The molecule has 2 aromatic rings. The highest BCUT2D eigenvalue weighted by Gasteiger charge is 2.08. The summed E-state index contributed by atoms with van der Waals surface area (Å²) >= 11 is 0. The van der Waals surface area contributed by atoms with Crippen molar-refractivity contribution in [3.8, 4) is 5.75 Å². The highest BCUT2D eigenvalue weighted by atomic mass is 16.3. The molecule has 1 amide bonds. The Labute approximate surface area is 112 Å². The van der Waals surface area contributed by atoms with Crippen molar-refractivity contribution in [1.29, 1.82) is 0 Å². The first kappa shape index (κ1) is 12.9. The molecule has 0 aliphatic rings. The van der Waals surface area contributed by atoms with Gasteiger partial charge in [0.2, 0.25) is 0 Å². The van der Waals surface area contributed by atoms with Gasteiger partial charge in [-0.15, -0.1) is 0 Å². The van der Waals surface area contributed by atoms with Crippen LogP contribution in [0.3, 0.4) is 0 Å². The van der Waals surface area contributed by atoms with Gasteiger partial charge in [0.05, 0.1) is 5.69 Å². The summed E-state index contributed by atoms with van der Waals surface area (Å²) in [4.78, 5) is 12.0.